The summed E-state index contributed by atoms with van der Waals surface area (Å²) in [7, 11) is -2.83. The van der Waals surface area contributed by atoms with Gasteiger partial charge in [0.25, 0.3) is 0 Å². The van der Waals surface area contributed by atoms with Crippen LogP contribution in [0.5, 0.6) is 0 Å². The summed E-state index contributed by atoms with van der Waals surface area (Å²) in [4.78, 5) is 0. The third-order valence-corrected chi connectivity index (χ3v) is 3.70. The highest BCUT2D eigenvalue weighted by molar-refractivity contribution is 8.00. The van der Waals surface area contributed by atoms with E-state index in [-0.39, 0.29) is 11.9 Å². The number of rotatable bonds is 6. The van der Waals surface area contributed by atoms with Gasteiger partial charge in [0.15, 0.2) is 0 Å². The Kier molecular flexibility index (Phi) is 5.96. The summed E-state index contributed by atoms with van der Waals surface area (Å²) in [5.41, 5.74) is 0. The van der Waals surface area contributed by atoms with E-state index in [1.807, 2.05) is 6.92 Å². The molecule has 0 rings (SSSR count). The van der Waals surface area contributed by atoms with Crippen molar-refractivity contribution in [2.24, 2.45) is 0 Å². The first-order valence-corrected chi connectivity index (χ1v) is 7.10. The Balaban J connectivity index is 3.34. The molecule has 12 heavy (non-hydrogen) atoms. The van der Waals surface area contributed by atoms with Crippen LogP contribution in [-0.2, 0) is 9.84 Å². The average Bonchev–Trinajstić information content (AvgIpc) is 1.96. The molecular formula is C7H16O3S2. The van der Waals surface area contributed by atoms with Crippen molar-refractivity contribution in [3.8, 4) is 0 Å². The summed E-state index contributed by atoms with van der Waals surface area (Å²) in [6, 6.07) is 0. The predicted octanol–water partition coefficient (Wildman–Crippen LogP) is 0.535. The molecule has 0 spiro atoms. The SMILES string of the molecule is CCC(O)CSCCS(C)(=O)=O. The zero-order valence-electron chi connectivity index (χ0n) is 7.49. The van der Waals surface area contributed by atoms with Gasteiger partial charge in [-0.1, -0.05) is 6.92 Å². The van der Waals surface area contributed by atoms with Gasteiger partial charge in [-0.15, -0.1) is 0 Å². The van der Waals surface area contributed by atoms with Crippen molar-refractivity contribution < 1.29 is 13.5 Å². The van der Waals surface area contributed by atoms with E-state index in [1.165, 1.54) is 18.0 Å². The van der Waals surface area contributed by atoms with Gasteiger partial charge in [-0.3, -0.25) is 0 Å². The van der Waals surface area contributed by atoms with E-state index in [9.17, 15) is 8.42 Å². The van der Waals surface area contributed by atoms with Gasteiger partial charge in [0.05, 0.1) is 11.9 Å². The maximum Gasteiger partial charge on any atom is 0.148 e. The summed E-state index contributed by atoms with van der Waals surface area (Å²) in [5, 5.41) is 9.12. The number of sulfone groups is 1. The van der Waals surface area contributed by atoms with Crippen molar-refractivity contribution in [3.63, 3.8) is 0 Å². The van der Waals surface area contributed by atoms with Crippen LogP contribution in [0, 0.1) is 0 Å². The van der Waals surface area contributed by atoms with Crippen LogP contribution in [0.1, 0.15) is 13.3 Å². The van der Waals surface area contributed by atoms with Crippen molar-refractivity contribution in [1.82, 2.24) is 0 Å². The fourth-order valence-corrected chi connectivity index (χ4v) is 2.90. The molecule has 0 aromatic carbocycles. The Morgan fingerprint density at radius 2 is 2.08 bits per heavy atom. The van der Waals surface area contributed by atoms with Gasteiger partial charge in [-0.05, 0) is 6.42 Å². The monoisotopic (exact) mass is 212 g/mol. The van der Waals surface area contributed by atoms with E-state index in [0.717, 1.165) is 6.42 Å². The molecule has 0 radical (unpaired) electrons. The smallest absolute Gasteiger partial charge is 0.148 e. The van der Waals surface area contributed by atoms with Gasteiger partial charge in [0.1, 0.15) is 9.84 Å². The van der Waals surface area contributed by atoms with Crippen LogP contribution in [0.25, 0.3) is 0 Å². The minimum atomic E-state index is -2.83. The van der Waals surface area contributed by atoms with Crippen LogP contribution >= 0.6 is 11.8 Å². The first-order valence-electron chi connectivity index (χ1n) is 3.89. The molecule has 0 aliphatic rings. The Morgan fingerprint density at radius 1 is 1.50 bits per heavy atom. The second-order valence-corrected chi connectivity index (χ2v) is 6.18. The molecule has 0 aliphatic carbocycles. The molecule has 0 bridgehead atoms. The molecule has 3 nitrogen and oxygen atoms in total. The molecule has 0 aromatic heterocycles. The van der Waals surface area contributed by atoms with Crippen molar-refractivity contribution in [2.45, 2.75) is 19.4 Å². The molecule has 1 atom stereocenters. The summed E-state index contributed by atoms with van der Waals surface area (Å²) in [6.07, 6.45) is 1.66. The molecule has 0 aromatic rings. The second kappa shape index (κ2) is 5.83. The third-order valence-electron chi connectivity index (χ3n) is 1.38. The lowest BCUT2D eigenvalue weighted by molar-refractivity contribution is 0.195. The fourth-order valence-electron chi connectivity index (χ4n) is 0.548. The van der Waals surface area contributed by atoms with E-state index >= 15 is 0 Å². The Bertz CT molecular complexity index is 199. The Morgan fingerprint density at radius 3 is 2.50 bits per heavy atom. The molecule has 0 fully saturated rings. The Hall–Kier alpha value is 0.260. The standard InChI is InChI=1S/C7H16O3S2/c1-3-7(8)6-11-4-5-12(2,9)10/h7-8H,3-6H2,1-2H3. The Labute approximate surface area is 78.5 Å². The molecule has 1 unspecified atom stereocenters. The third kappa shape index (κ3) is 8.36. The van der Waals surface area contributed by atoms with Crippen LogP contribution in [0.3, 0.4) is 0 Å². The largest absolute Gasteiger partial charge is 0.392 e. The van der Waals surface area contributed by atoms with Gasteiger partial charge in [0.2, 0.25) is 0 Å². The quantitative estimate of drug-likeness (QED) is 0.653. The zero-order chi connectivity index (χ0) is 9.61. The lowest BCUT2D eigenvalue weighted by Gasteiger charge is -2.05. The molecular weight excluding hydrogens is 196 g/mol. The van der Waals surface area contributed by atoms with Gasteiger partial charge in [0, 0.05) is 17.8 Å². The average molecular weight is 212 g/mol. The summed E-state index contributed by atoms with van der Waals surface area (Å²) in [5.74, 6) is 1.41. The van der Waals surface area contributed by atoms with E-state index in [0.29, 0.717) is 11.5 Å². The molecule has 74 valence electrons. The second-order valence-electron chi connectivity index (χ2n) is 2.77. The summed E-state index contributed by atoms with van der Waals surface area (Å²) >= 11 is 1.48. The van der Waals surface area contributed by atoms with E-state index < -0.39 is 9.84 Å². The normalized spacial score (nSPS) is 14.6. The number of thioether (sulfide) groups is 1. The van der Waals surface area contributed by atoms with Crippen molar-refractivity contribution >= 4 is 21.6 Å². The highest BCUT2D eigenvalue weighted by atomic mass is 32.2. The van der Waals surface area contributed by atoms with Gasteiger partial charge in [-0.25, -0.2) is 8.42 Å². The van der Waals surface area contributed by atoms with Gasteiger partial charge >= 0.3 is 0 Å². The highest BCUT2D eigenvalue weighted by Gasteiger charge is 2.04. The molecule has 0 saturated carbocycles. The number of aliphatic hydroxyl groups is 1. The van der Waals surface area contributed by atoms with Crippen molar-refractivity contribution in [1.29, 1.82) is 0 Å². The minimum Gasteiger partial charge on any atom is -0.392 e. The number of hydrogen-bond donors (Lipinski definition) is 1. The first kappa shape index (κ1) is 12.3. The topological polar surface area (TPSA) is 54.4 Å². The fraction of sp³-hybridized carbons (Fsp3) is 1.00. The molecule has 0 heterocycles. The van der Waals surface area contributed by atoms with E-state index in [2.05, 4.69) is 0 Å². The van der Waals surface area contributed by atoms with Crippen LogP contribution in [-0.4, -0.2) is 43.1 Å². The minimum absolute atomic E-state index is 0.202. The predicted molar refractivity (Wildman–Crippen MR) is 53.3 cm³/mol. The first-order chi connectivity index (χ1) is 5.45. The summed E-state index contributed by atoms with van der Waals surface area (Å²) < 4.78 is 21.3. The van der Waals surface area contributed by atoms with Crippen molar-refractivity contribution in [3.05, 3.63) is 0 Å². The number of aliphatic hydroxyl groups excluding tert-OH is 1. The van der Waals surface area contributed by atoms with Gasteiger partial charge < -0.3 is 5.11 Å². The molecule has 0 saturated heterocycles. The van der Waals surface area contributed by atoms with E-state index in [4.69, 9.17) is 5.11 Å². The van der Waals surface area contributed by atoms with Gasteiger partial charge in [-0.2, -0.15) is 11.8 Å². The molecule has 1 N–H and O–H groups in total. The van der Waals surface area contributed by atoms with Crippen LogP contribution in [0.4, 0.5) is 0 Å². The number of hydrogen-bond acceptors (Lipinski definition) is 4. The zero-order valence-corrected chi connectivity index (χ0v) is 9.12. The lowest BCUT2D eigenvalue weighted by Crippen LogP contribution is -2.11. The highest BCUT2D eigenvalue weighted by Crippen LogP contribution is 2.05. The lowest BCUT2D eigenvalue weighted by atomic mass is 10.3. The molecule has 5 heteroatoms. The van der Waals surface area contributed by atoms with E-state index in [1.54, 1.807) is 0 Å². The maximum absolute atomic E-state index is 10.7. The van der Waals surface area contributed by atoms with Crippen molar-refractivity contribution in [2.75, 3.05) is 23.5 Å². The van der Waals surface area contributed by atoms with Crippen LogP contribution in [0.15, 0.2) is 0 Å². The summed E-state index contributed by atoms with van der Waals surface area (Å²) in [6.45, 7) is 1.90. The van der Waals surface area contributed by atoms with Crippen LogP contribution < -0.4 is 0 Å². The molecule has 0 amide bonds. The maximum atomic E-state index is 10.7. The van der Waals surface area contributed by atoms with Crippen LogP contribution in [0.2, 0.25) is 0 Å². The molecule has 0 aliphatic heterocycles.